The lowest BCUT2D eigenvalue weighted by Gasteiger charge is -2.20. The first kappa shape index (κ1) is 18.7. The van der Waals surface area contributed by atoms with Crippen LogP contribution in [0, 0.1) is 0 Å². The minimum Gasteiger partial charge on any atom is -0.492 e. The lowest BCUT2D eigenvalue weighted by Crippen LogP contribution is -2.27. The highest BCUT2D eigenvalue weighted by molar-refractivity contribution is 7.89. The fraction of sp³-hybridized carbons (Fsp3) is 0.222. The maximum atomic E-state index is 11.3. The Labute approximate surface area is 156 Å². The van der Waals surface area contributed by atoms with Crippen LogP contribution in [0.25, 0.3) is 0 Å². The lowest BCUT2D eigenvalue weighted by atomic mass is 10.3. The zero-order chi connectivity index (χ0) is 18.4. The van der Waals surface area contributed by atoms with Crippen molar-refractivity contribution >= 4 is 21.4 Å². The summed E-state index contributed by atoms with van der Waals surface area (Å²) in [4.78, 5) is 3.58. The van der Waals surface area contributed by atoms with Crippen molar-refractivity contribution in [3.8, 4) is 5.75 Å². The van der Waals surface area contributed by atoms with Gasteiger partial charge in [0.15, 0.2) is 0 Å². The van der Waals surface area contributed by atoms with E-state index in [0.29, 0.717) is 25.4 Å². The highest BCUT2D eigenvalue weighted by atomic mass is 32.2. The van der Waals surface area contributed by atoms with Crippen LogP contribution in [0.4, 0.5) is 0 Å². The molecule has 0 aliphatic carbocycles. The third kappa shape index (κ3) is 5.43. The van der Waals surface area contributed by atoms with E-state index in [1.54, 1.807) is 29.7 Å². The van der Waals surface area contributed by atoms with Gasteiger partial charge >= 0.3 is 0 Å². The molecule has 0 saturated heterocycles. The van der Waals surface area contributed by atoms with Crippen LogP contribution in [0.3, 0.4) is 0 Å². The quantitative estimate of drug-likeness (QED) is 0.605. The van der Waals surface area contributed by atoms with Crippen molar-refractivity contribution in [3.63, 3.8) is 0 Å². The first-order chi connectivity index (χ1) is 12.5. The molecule has 0 unspecified atom stereocenters. The second kappa shape index (κ2) is 8.50. The normalized spacial score (nSPS) is 11.8. The van der Waals surface area contributed by atoms with Crippen LogP contribution in [-0.4, -0.2) is 26.5 Å². The van der Waals surface area contributed by atoms with Crippen LogP contribution in [-0.2, 0) is 23.1 Å². The van der Waals surface area contributed by atoms with E-state index in [1.807, 2.05) is 18.2 Å². The summed E-state index contributed by atoms with van der Waals surface area (Å²) < 4.78 is 33.7. The molecule has 1 aromatic carbocycles. The summed E-state index contributed by atoms with van der Waals surface area (Å²) in [5.74, 6) is 1.51. The van der Waals surface area contributed by atoms with E-state index in [9.17, 15) is 8.42 Å². The van der Waals surface area contributed by atoms with Gasteiger partial charge in [-0.2, -0.15) is 0 Å². The SMILES string of the molecule is NS(=O)(=O)c1ccc(OCCN(Cc2ccco2)Cc2cccs2)cc1. The summed E-state index contributed by atoms with van der Waals surface area (Å²) in [5, 5.41) is 7.15. The topological polar surface area (TPSA) is 85.8 Å². The maximum absolute atomic E-state index is 11.3. The number of sulfonamides is 1. The third-order valence-electron chi connectivity index (χ3n) is 3.75. The van der Waals surface area contributed by atoms with Crippen LogP contribution in [0.2, 0.25) is 0 Å². The number of thiophene rings is 1. The second-order valence-corrected chi connectivity index (χ2v) is 8.33. The van der Waals surface area contributed by atoms with Crippen molar-refractivity contribution < 1.29 is 17.6 Å². The van der Waals surface area contributed by atoms with Crippen molar-refractivity contribution in [1.82, 2.24) is 4.90 Å². The number of furan rings is 1. The predicted octanol–water partition coefficient (Wildman–Crippen LogP) is 3.07. The van der Waals surface area contributed by atoms with Gasteiger partial charge in [-0.15, -0.1) is 11.3 Å². The summed E-state index contributed by atoms with van der Waals surface area (Å²) in [7, 11) is -3.68. The van der Waals surface area contributed by atoms with Crippen molar-refractivity contribution in [1.29, 1.82) is 0 Å². The Morgan fingerprint density at radius 2 is 1.88 bits per heavy atom. The molecule has 0 aliphatic heterocycles. The summed E-state index contributed by atoms with van der Waals surface area (Å²) in [5.41, 5.74) is 0. The molecule has 0 bridgehead atoms. The number of benzene rings is 1. The Kier molecular flexibility index (Phi) is 6.10. The van der Waals surface area contributed by atoms with Crippen LogP contribution in [0.15, 0.2) is 69.5 Å². The van der Waals surface area contributed by atoms with Crippen molar-refractivity contribution in [3.05, 3.63) is 70.8 Å². The molecule has 0 radical (unpaired) electrons. The Balaban J connectivity index is 1.56. The van der Waals surface area contributed by atoms with Crippen molar-refractivity contribution in [2.75, 3.05) is 13.2 Å². The van der Waals surface area contributed by atoms with Gasteiger partial charge in [0, 0.05) is 18.0 Å². The van der Waals surface area contributed by atoms with E-state index in [1.165, 1.54) is 17.0 Å². The number of nitrogens with zero attached hydrogens (tertiary/aromatic N) is 1. The fourth-order valence-corrected chi connectivity index (χ4v) is 3.74. The molecule has 2 N–H and O–H groups in total. The molecule has 6 nitrogen and oxygen atoms in total. The smallest absolute Gasteiger partial charge is 0.238 e. The summed E-state index contributed by atoms with van der Waals surface area (Å²) in [6.45, 7) is 2.68. The molecule has 0 fully saturated rings. The standard InChI is InChI=1S/C18H20N2O4S2/c19-26(21,22)18-7-5-15(6-8-18)24-11-9-20(13-16-3-1-10-23-16)14-17-4-2-12-25-17/h1-8,10,12H,9,11,13-14H2,(H2,19,21,22). The minimum absolute atomic E-state index is 0.0713. The third-order valence-corrected chi connectivity index (χ3v) is 5.54. The highest BCUT2D eigenvalue weighted by Gasteiger charge is 2.11. The van der Waals surface area contributed by atoms with Gasteiger partial charge in [-0.1, -0.05) is 6.07 Å². The summed E-state index contributed by atoms with van der Waals surface area (Å²) in [6.07, 6.45) is 1.67. The van der Waals surface area contributed by atoms with Gasteiger partial charge in [0.2, 0.25) is 10.0 Å². The molecular weight excluding hydrogens is 372 g/mol. The second-order valence-electron chi connectivity index (χ2n) is 5.73. The van der Waals surface area contributed by atoms with Gasteiger partial charge in [0.05, 0.1) is 17.7 Å². The lowest BCUT2D eigenvalue weighted by molar-refractivity contribution is 0.186. The molecule has 138 valence electrons. The van der Waals surface area contributed by atoms with Gasteiger partial charge in [0.1, 0.15) is 18.1 Å². The van der Waals surface area contributed by atoms with Gasteiger partial charge in [0.25, 0.3) is 0 Å². The van der Waals surface area contributed by atoms with Gasteiger partial charge in [-0.25, -0.2) is 13.6 Å². The van der Waals surface area contributed by atoms with Gasteiger partial charge in [-0.3, -0.25) is 4.90 Å². The molecule has 0 aliphatic rings. The van der Waals surface area contributed by atoms with Crippen LogP contribution < -0.4 is 9.88 Å². The largest absolute Gasteiger partial charge is 0.492 e. The van der Waals surface area contributed by atoms with Gasteiger partial charge in [-0.05, 0) is 47.8 Å². The average Bonchev–Trinajstić information content (AvgIpc) is 3.28. The maximum Gasteiger partial charge on any atom is 0.238 e. The number of hydrogen-bond acceptors (Lipinski definition) is 6. The van der Waals surface area contributed by atoms with E-state index in [-0.39, 0.29) is 4.90 Å². The van der Waals surface area contributed by atoms with Crippen LogP contribution >= 0.6 is 11.3 Å². The predicted molar refractivity (Wildman–Crippen MR) is 100 cm³/mol. The Hall–Kier alpha value is -2.13. The summed E-state index contributed by atoms with van der Waals surface area (Å²) >= 11 is 1.72. The van der Waals surface area contributed by atoms with Crippen LogP contribution in [0.5, 0.6) is 5.75 Å². The van der Waals surface area contributed by atoms with Crippen molar-refractivity contribution in [2.24, 2.45) is 5.14 Å². The Morgan fingerprint density at radius 3 is 2.50 bits per heavy atom. The molecule has 0 spiro atoms. The Morgan fingerprint density at radius 1 is 1.08 bits per heavy atom. The molecule has 2 heterocycles. The van der Waals surface area contributed by atoms with E-state index in [2.05, 4.69) is 16.3 Å². The molecule has 0 saturated carbocycles. The number of rotatable bonds is 9. The number of primary sulfonamides is 1. The van der Waals surface area contributed by atoms with Gasteiger partial charge < -0.3 is 9.15 Å². The van der Waals surface area contributed by atoms with E-state index in [4.69, 9.17) is 14.3 Å². The zero-order valence-electron chi connectivity index (χ0n) is 14.1. The average molecular weight is 393 g/mol. The molecular formula is C18H20N2O4S2. The Bertz CT molecular complexity index is 853. The highest BCUT2D eigenvalue weighted by Crippen LogP contribution is 2.17. The molecule has 0 atom stereocenters. The number of nitrogens with two attached hydrogens (primary N) is 1. The monoisotopic (exact) mass is 392 g/mol. The number of hydrogen-bond donors (Lipinski definition) is 1. The fourth-order valence-electron chi connectivity index (χ4n) is 2.48. The number of ether oxygens (including phenoxy) is 1. The molecule has 3 rings (SSSR count). The van der Waals surface area contributed by atoms with E-state index in [0.717, 1.165) is 12.3 Å². The molecule has 2 aromatic heterocycles. The molecule has 8 heteroatoms. The molecule has 26 heavy (non-hydrogen) atoms. The molecule has 3 aromatic rings. The van der Waals surface area contributed by atoms with Crippen molar-refractivity contribution in [2.45, 2.75) is 18.0 Å². The molecule has 0 amide bonds. The zero-order valence-corrected chi connectivity index (χ0v) is 15.7. The first-order valence-corrected chi connectivity index (χ1v) is 10.5. The van der Waals surface area contributed by atoms with Crippen LogP contribution in [0.1, 0.15) is 10.6 Å². The van der Waals surface area contributed by atoms with E-state index < -0.39 is 10.0 Å². The minimum atomic E-state index is -3.68. The van der Waals surface area contributed by atoms with E-state index >= 15 is 0 Å². The first-order valence-electron chi connectivity index (χ1n) is 8.03. The summed E-state index contributed by atoms with van der Waals surface area (Å²) in [6, 6.07) is 14.1.